The van der Waals surface area contributed by atoms with E-state index >= 15 is 0 Å². The maximum atomic E-state index is 12.8. The molecule has 152 valence electrons. The van der Waals surface area contributed by atoms with Gasteiger partial charge in [0, 0.05) is 29.0 Å². The van der Waals surface area contributed by atoms with Crippen LogP contribution in [0.2, 0.25) is 0 Å². The zero-order chi connectivity index (χ0) is 21.1. The first-order valence-corrected chi connectivity index (χ1v) is 10.1. The molecule has 0 unspecified atom stereocenters. The number of methoxy groups -OCH3 is 1. The normalized spacial score (nSPS) is 11.2. The van der Waals surface area contributed by atoms with Gasteiger partial charge in [-0.15, -0.1) is 16.9 Å². The van der Waals surface area contributed by atoms with Gasteiger partial charge in [0.15, 0.2) is 0 Å². The van der Waals surface area contributed by atoms with Crippen LogP contribution >= 0.6 is 11.3 Å². The van der Waals surface area contributed by atoms with E-state index in [1.165, 1.54) is 17.6 Å². The predicted octanol–water partition coefficient (Wildman–Crippen LogP) is 4.41. The number of ether oxygens (including phenoxy) is 1. The number of thiophene rings is 1. The molecular formula is C22H20N4O3S. The molecule has 0 aliphatic heterocycles. The molecule has 0 fully saturated rings. The van der Waals surface area contributed by atoms with E-state index < -0.39 is 5.97 Å². The summed E-state index contributed by atoms with van der Waals surface area (Å²) < 4.78 is 7.17. The minimum absolute atomic E-state index is 0.447. The van der Waals surface area contributed by atoms with Gasteiger partial charge in [0.1, 0.15) is 15.5 Å². The molecule has 0 atom stereocenters. The minimum atomic E-state index is -0.532. The van der Waals surface area contributed by atoms with E-state index in [4.69, 9.17) is 9.57 Å². The Morgan fingerprint density at radius 2 is 1.97 bits per heavy atom. The Labute approximate surface area is 177 Å². The highest BCUT2D eigenvalue weighted by atomic mass is 32.1. The van der Waals surface area contributed by atoms with Gasteiger partial charge in [-0.1, -0.05) is 12.1 Å². The Bertz CT molecular complexity index is 1230. The maximum Gasteiger partial charge on any atom is 0.376 e. The summed E-state index contributed by atoms with van der Waals surface area (Å²) >= 11 is 1.30. The van der Waals surface area contributed by atoms with Crippen LogP contribution in [0.4, 0.5) is 0 Å². The number of carbonyl (C=O) groups excluding carboxylic acids is 1. The number of benzene rings is 1. The van der Waals surface area contributed by atoms with Gasteiger partial charge in [0.25, 0.3) is 0 Å². The van der Waals surface area contributed by atoms with Crippen molar-refractivity contribution in [1.29, 1.82) is 0 Å². The summed E-state index contributed by atoms with van der Waals surface area (Å²) in [7, 11) is 1.59. The zero-order valence-corrected chi connectivity index (χ0v) is 17.6. The number of pyridine rings is 1. The number of rotatable bonds is 6. The Morgan fingerprint density at radius 3 is 2.73 bits per heavy atom. The average molecular weight is 420 g/mol. The van der Waals surface area contributed by atoms with Crippen molar-refractivity contribution in [3.63, 3.8) is 0 Å². The van der Waals surface area contributed by atoms with Gasteiger partial charge in [-0.2, -0.15) is 5.10 Å². The molecule has 30 heavy (non-hydrogen) atoms. The van der Waals surface area contributed by atoms with Gasteiger partial charge in [0.2, 0.25) is 0 Å². The third kappa shape index (κ3) is 3.77. The van der Waals surface area contributed by atoms with Crippen molar-refractivity contribution >= 4 is 33.7 Å². The molecule has 0 saturated heterocycles. The molecule has 0 amide bonds. The Morgan fingerprint density at radius 1 is 1.20 bits per heavy atom. The molecule has 0 saturated carbocycles. The molecule has 4 rings (SSSR count). The first-order chi connectivity index (χ1) is 14.6. The van der Waals surface area contributed by atoms with Gasteiger partial charge in [-0.25, -0.2) is 9.78 Å². The lowest BCUT2D eigenvalue weighted by Gasteiger charge is -2.07. The third-order valence-electron chi connectivity index (χ3n) is 4.54. The van der Waals surface area contributed by atoms with Crippen molar-refractivity contribution in [2.45, 2.75) is 13.8 Å². The molecular weight excluding hydrogens is 400 g/mol. The van der Waals surface area contributed by atoms with E-state index in [0.717, 1.165) is 32.7 Å². The second-order valence-corrected chi connectivity index (χ2v) is 7.61. The highest BCUT2D eigenvalue weighted by molar-refractivity contribution is 7.21. The summed E-state index contributed by atoms with van der Waals surface area (Å²) in [5.41, 5.74) is 5.84. The van der Waals surface area contributed by atoms with Crippen LogP contribution in [-0.4, -0.2) is 28.8 Å². The summed E-state index contributed by atoms with van der Waals surface area (Å²) in [6, 6.07) is 13.2. The standard InChI is InChI=1S/C22H20N4O3S/c1-14-12-15(2)24-21-18(14)19(26-10-6-7-11-26)20(30-21)22(27)29-25-23-13-16-8-4-5-9-17(16)28-3/h4-13,25H,1-3H3/b23-13-. The van der Waals surface area contributed by atoms with Crippen molar-refractivity contribution in [2.24, 2.45) is 5.10 Å². The number of hydrogen-bond donors (Lipinski definition) is 1. The molecule has 8 heteroatoms. The summed E-state index contributed by atoms with van der Waals surface area (Å²) in [6.07, 6.45) is 5.31. The SMILES string of the molecule is COc1ccccc1/C=N\NOC(=O)c1sc2nc(C)cc(C)c2c1-n1cccc1. The van der Waals surface area contributed by atoms with Crippen LogP contribution in [0, 0.1) is 13.8 Å². The summed E-state index contributed by atoms with van der Waals surface area (Å²) in [4.78, 5) is 23.9. The Kier molecular flexibility index (Phi) is 5.49. The van der Waals surface area contributed by atoms with Gasteiger partial charge in [0.05, 0.1) is 19.0 Å². The zero-order valence-electron chi connectivity index (χ0n) is 16.7. The first-order valence-electron chi connectivity index (χ1n) is 9.25. The smallest absolute Gasteiger partial charge is 0.376 e. The summed E-state index contributed by atoms with van der Waals surface area (Å²) in [5.74, 6) is 0.140. The number of fused-ring (bicyclic) bond motifs is 1. The number of aryl methyl sites for hydroxylation is 2. The molecule has 3 heterocycles. The largest absolute Gasteiger partial charge is 0.496 e. The predicted molar refractivity (Wildman–Crippen MR) is 118 cm³/mol. The molecule has 0 radical (unpaired) electrons. The fourth-order valence-corrected chi connectivity index (χ4v) is 4.45. The molecule has 0 aliphatic carbocycles. The van der Waals surface area contributed by atoms with Crippen molar-refractivity contribution in [2.75, 3.05) is 7.11 Å². The highest BCUT2D eigenvalue weighted by Gasteiger charge is 2.23. The topological polar surface area (TPSA) is 77.7 Å². The molecule has 1 N–H and O–H groups in total. The summed E-state index contributed by atoms with van der Waals surface area (Å²) in [6.45, 7) is 3.95. The van der Waals surface area contributed by atoms with Crippen molar-refractivity contribution in [3.8, 4) is 11.4 Å². The van der Waals surface area contributed by atoms with Gasteiger partial charge in [-0.3, -0.25) is 0 Å². The van der Waals surface area contributed by atoms with Crippen LogP contribution in [0.5, 0.6) is 5.75 Å². The van der Waals surface area contributed by atoms with Gasteiger partial charge in [-0.05, 0) is 49.7 Å². The maximum absolute atomic E-state index is 12.8. The monoisotopic (exact) mass is 420 g/mol. The second-order valence-electron chi connectivity index (χ2n) is 6.61. The van der Waals surface area contributed by atoms with Crippen molar-refractivity contribution < 1.29 is 14.4 Å². The minimum Gasteiger partial charge on any atom is -0.496 e. The van der Waals surface area contributed by atoms with E-state index in [1.807, 2.05) is 73.3 Å². The molecule has 0 spiro atoms. The lowest BCUT2D eigenvalue weighted by Crippen LogP contribution is -2.15. The van der Waals surface area contributed by atoms with E-state index in [2.05, 4.69) is 15.7 Å². The molecule has 7 nitrogen and oxygen atoms in total. The molecule has 4 aromatic rings. The number of para-hydroxylation sites is 1. The molecule has 1 aromatic carbocycles. The van der Waals surface area contributed by atoms with Gasteiger partial charge < -0.3 is 14.1 Å². The number of carbonyl (C=O) groups is 1. The molecule has 0 aliphatic rings. The average Bonchev–Trinajstić information content (AvgIpc) is 3.38. The fourth-order valence-electron chi connectivity index (χ4n) is 3.27. The van der Waals surface area contributed by atoms with Gasteiger partial charge >= 0.3 is 5.97 Å². The molecule has 3 aromatic heterocycles. The summed E-state index contributed by atoms with van der Waals surface area (Å²) in [5, 5.41) is 4.91. The third-order valence-corrected chi connectivity index (χ3v) is 5.60. The Hall–Kier alpha value is -3.65. The lowest BCUT2D eigenvalue weighted by molar-refractivity contribution is 0.0268. The van der Waals surface area contributed by atoms with E-state index in [9.17, 15) is 4.79 Å². The first kappa shape index (κ1) is 19.7. The van der Waals surface area contributed by atoms with E-state index in [1.54, 1.807) is 7.11 Å². The van der Waals surface area contributed by atoms with E-state index in [0.29, 0.717) is 10.6 Å². The number of nitrogens with zero attached hydrogens (tertiary/aromatic N) is 3. The lowest BCUT2D eigenvalue weighted by atomic mass is 10.1. The number of aromatic nitrogens is 2. The van der Waals surface area contributed by atoms with Crippen LogP contribution in [-0.2, 0) is 4.84 Å². The van der Waals surface area contributed by atoms with Crippen LogP contribution < -0.4 is 10.3 Å². The second kappa shape index (κ2) is 8.38. The number of nitrogens with one attached hydrogen (secondary N) is 1. The number of hydrazone groups is 1. The highest BCUT2D eigenvalue weighted by Crippen LogP contribution is 2.36. The van der Waals surface area contributed by atoms with E-state index in [-0.39, 0.29) is 0 Å². The van der Waals surface area contributed by atoms with Crippen LogP contribution in [0.15, 0.2) is 60.0 Å². The number of hydrogen-bond acceptors (Lipinski definition) is 7. The van der Waals surface area contributed by atoms with Crippen LogP contribution in [0.3, 0.4) is 0 Å². The van der Waals surface area contributed by atoms with Crippen molar-refractivity contribution in [3.05, 3.63) is 76.6 Å². The van der Waals surface area contributed by atoms with Crippen LogP contribution in [0.1, 0.15) is 26.5 Å². The fraction of sp³-hybridized carbons (Fsp3) is 0.136. The quantitative estimate of drug-likeness (QED) is 0.369. The Balaban J connectivity index is 1.61. The van der Waals surface area contributed by atoms with Crippen LogP contribution in [0.25, 0.3) is 15.9 Å². The molecule has 0 bridgehead atoms. The van der Waals surface area contributed by atoms with Crippen molar-refractivity contribution in [1.82, 2.24) is 15.1 Å².